The number of hydrogen-bond acceptors (Lipinski definition) is 8. The Hall–Kier alpha value is -1.59. The average Bonchev–Trinajstić information content (AvgIpc) is 3.06. The first-order valence-corrected chi connectivity index (χ1v) is 18.2. The highest BCUT2D eigenvalue weighted by molar-refractivity contribution is 5.76. The second-order valence-electron chi connectivity index (χ2n) is 13.4. The van der Waals surface area contributed by atoms with Crippen molar-refractivity contribution < 1.29 is 39.8 Å². The van der Waals surface area contributed by atoms with Crippen molar-refractivity contribution in [1.82, 2.24) is 5.32 Å². The molecular formula is C37H65NO8. The van der Waals surface area contributed by atoms with Crippen LogP contribution in [-0.4, -0.2) is 87.5 Å². The molecule has 0 bridgehead atoms. The fraction of sp³-hybridized carbons (Fsp3) is 0.811. The fourth-order valence-electron chi connectivity index (χ4n) is 6.22. The molecule has 266 valence electrons. The maximum absolute atomic E-state index is 12.9. The molecule has 8 atom stereocenters. The molecule has 46 heavy (non-hydrogen) atoms. The number of unbranched alkanes of at least 4 members (excludes halogenated alkanes) is 13. The molecule has 9 nitrogen and oxygen atoms in total. The summed E-state index contributed by atoms with van der Waals surface area (Å²) in [6.45, 7) is 3.50. The van der Waals surface area contributed by atoms with Crippen LogP contribution >= 0.6 is 0 Å². The van der Waals surface area contributed by atoms with Crippen LogP contribution in [0.5, 0.6) is 0 Å². The third-order valence-electron chi connectivity index (χ3n) is 9.36. The molecule has 1 aromatic rings. The van der Waals surface area contributed by atoms with Crippen molar-refractivity contribution in [2.45, 2.75) is 172 Å². The smallest absolute Gasteiger partial charge is 0.220 e. The molecule has 1 aromatic carbocycles. The number of aliphatic hydroxyl groups excluding tert-OH is 5. The van der Waals surface area contributed by atoms with Gasteiger partial charge in [-0.15, -0.1) is 0 Å². The molecule has 2 rings (SSSR count). The minimum absolute atomic E-state index is 0.0994. The van der Waals surface area contributed by atoms with Crippen molar-refractivity contribution in [2.24, 2.45) is 5.92 Å². The molecule has 9 heteroatoms. The molecule has 0 aliphatic carbocycles. The predicted octanol–water partition coefficient (Wildman–Crippen LogP) is 5.18. The van der Waals surface area contributed by atoms with Crippen LogP contribution in [0.3, 0.4) is 0 Å². The van der Waals surface area contributed by atoms with E-state index in [2.05, 4.69) is 24.4 Å². The Labute approximate surface area is 278 Å². The number of ether oxygens (including phenoxy) is 2. The van der Waals surface area contributed by atoms with Gasteiger partial charge in [-0.1, -0.05) is 128 Å². The predicted molar refractivity (Wildman–Crippen MR) is 181 cm³/mol. The summed E-state index contributed by atoms with van der Waals surface area (Å²) in [5, 5.41) is 54.4. The van der Waals surface area contributed by atoms with Crippen LogP contribution in [0.1, 0.15) is 129 Å². The molecular weight excluding hydrogens is 586 g/mol. The van der Waals surface area contributed by atoms with E-state index in [9.17, 15) is 30.3 Å². The summed E-state index contributed by atoms with van der Waals surface area (Å²) >= 11 is 0. The minimum atomic E-state index is -1.56. The van der Waals surface area contributed by atoms with Gasteiger partial charge in [-0.25, -0.2) is 0 Å². The lowest BCUT2D eigenvalue weighted by Crippen LogP contribution is -2.60. The van der Waals surface area contributed by atoms with Gasteiger partial charge in [0, 0.05) is 6.42 Å². The van der Waals surface area contributed by atoms with Crippen LogP contribution in [-0.2, 0) is 20.7 Å². The van der Waals surface area contributed by atoms with Gasteiger partial charge in [0.1, 0.15) is 24.4 Å². The summed E-state index contributed by atoms with van der Waals surface area (Å²) in [5.74, 6) is -0.281. The summed E-state index contributed by atoms with van der Waals surface area (Å²) in [5.41, 5.74) is 1.28. The van der Waals surface area contributed by atoms with Gasteiger partial charge in [0.15, 0.2) is 6.29 Å². The largest absolute Gasteiger partial charge is 0.394 e. The first-order chi connectivity index (χ1) is 22.3. The third kappa shape index (κ3) is 16.0. The van der Waals surface area contributed by atoms with Gasteiger partial charge in [-0.3, -0.25) is 4.79 Å². The van der Waals surface area contributed by atoms with E-state index < -0.39 is 49.5 Å². The van der Waals surface area contributed by atoms with Gasteiger partial charge in [0.05, 0.1) is 25.4 Å². The SMILES string of the molecule is CCCCCCCCCCCCCC[C@@H](C)[C@@H](O)[C@H](COC1OC(CO)C(O)C(O)C1O)NC(=O)CCCCCc1ccccc1. The Morgan fingerprint density at radius 1 is 0.826 bits per heavy atom. The van der Waals surface area contributed by atoms with Gasteiger partial charge >= 0.3 is 0 Å². The number of hydrogen-bond donors (Lipinski definition) is 6. The minimum Gasteiger partial charge on any atom is -0.394 e. The molecule has 5 unspecified atom stereocenters. The van der Waals surface area contributed by atoms with Crippen LogP contribution in [0.4, 0.5) is 0 Å². The molecule has 1 fully saturated rings. The first-order valence-electron chi connectivity index (χ1n) is 18.2. The van der Waals surface area contributed by atoms with Crippen molar-refractivity contribution in [2.75, 3.05) is 13.2 Å². The highest BCUT2D eigenvalue weighted by Gasteiger charge is 2.44. The topological polar surface area (TPSA) is 149 Å². The van der Waals surface area contributed by atoms with E-state index in [0.717, 1.165) is 44.9 Å². The summed E-state index contributed by atoms with van der Waals surface area (Å²) in [7, 11) is 0. The standard InChI is InChI=1S/C37H65NO8/c1-3-4-5-6-7-8-9-10-11-12-13-16-21-28(2)33(41)30(27-45-37-36(44)35(43)34(42)31(26-39)46-37)38-32(40)25-20-15-19-24-29-22-17-14-18-23-29/h14,17-18,22-23,28,30-31,33-37,39,41-44H,3-13,15-16,19-21,24-27H2,1-2H3,(H,38,40)/t28-,30+,31?,33-,34?,35?,36?,37?/m1/s1. The number of carbonyl (C=O) groups is 1. The Morgan fingerprint density at radius 2 is 1.41 bits per heavy atom. The van der Waals surface area contributed by atoms with Crippen LogP contribution in [0, 0.1) is 5.92 Å². The third-order valence-corrected chi connectivity index (χ3v) is 9.36. The number of benzene rings is 1. The highest BCUT2D eigenvalue weighted by atomic mass is 16.7. The van der Waals surface area contributed by atoms with Crippen LogP contribution in [0.15, 0.2) is 30.3 Å². The normalized spacial score (nSPS) is 23.6. The molecule has 1 saturated heterocycles. The zero-order valence-corrected chi connectivity index (χ0v) is 28.6. The van der Waals surface area contributed by atoms with Crippen LogP contribution in [0.2, 0.25) is 0 Å². The van der Waals surface area contributed by atoms with E-state index in [1.807, 2.05) is 25.1 Å². The number of amides is 1. The quantitative estimate of drug-likeness (QED) is 0.0751. The van der Waals surface area contributed by atoms with Crippen molar-refractivity contribution >= 4 is 5.91 Å². The van der Waals surface area contributed by atoms with Gasteiger partial charge in [-0.2, -0.15) is 0 Å². The average molecular weight is 652 g/mol. The second kappa shape index (κ2) is 24.5. The Bertz CT molecular complexity index is 887. The van der Waals surface area contributed by atoms with Crippen molar-refractivity contribution in [1.29, 1.82) is 0 Å². The number of aryl methyl sites for hydroxylation is 1. The van der Waals surface area contributed by atoms with E-state index in [1.165, 1.54) is 69.8 Å². The summed E-state index contributed by atoms with van der Waals surface area (Å²) in [4.78, 5) is 12.9. The zero-order valence-electron chi connectivity index (χ0n) is 28.6. The second-order valence-corrected chi connectivity index (χ2v) is 13.4. The highest BCUT2D eigenvalue weighted by Crippen LogP contribution is 2.24. The molecule has 1 amide bonds. The monoisotopic (exact) mass is 651 g/mol. The van der Waals surface area contributed by atoms with E-state index in [0.29, 0.717) is 6.42 Å². The molecule has 1 aliphatic rings. The lowest BCUT2D eigenvalue weighted by molar-refractivity contribution is -0.303. The molecule has 0 radical (unpaired) electrons. The summed E-state index contributed by atoms with van der Waals surface area (Å²) in [6, 6.07) is 9.51. The molecule has 1 heterocycles. The van der Waals surface area contributed by atoms with Crippen LogP contribution in [0.25, 0.3) is 0 Å². The molecule has 0 saturated carbocycles. The Morgan fingerprint density at radius 3 is 2.02 bits per heavy atom. The van der Waals surface area contributed by atoms with Gasteiger partial charge in [0.2, 0.25) is 5.91 Å². The van der Waals surface area contributed by atoms with Crippen molar-refractivity contribution in [3.8, 4) is 0 Å². The molecule has 0 spiro atoms. The van der Waals surface area contributed by atoms with Crippen molar-refractivity contribution in [3.05, 3.63) is 35.9 Å². The maximum Gasteiger partial charge on any atom is 0.220 e. The molecule has 1 aliphatic heterocycles. The summed E-state index contributed by atoms with van der Waals surface area (Å²) in [6.07, 6.45) is 12.0. The molecule has 6 N–H and O–H groups in total. The van der Waals surface area contributed by atoms with Crippen molar-refractivity contribution in [3.63, 3.8) is 0 Å². The number of nitrogens with one attached hydrogen (secondary N) is 1. The summed E-state index contributed by atoms with van der Waals surface area (Å²) < 4.78 is 11.2. The fourth-order valence-corrected chi connectivity index (χ4v) is 6.22. The lowest BCUT2D eigenvalue weighted by Gasteiger charge is -2.40. The van der Waals surface area contributed by atoms with E-state index in [4.69, 9.17) is 9.47 Å². The van der Waals surface area contributed by atoms with E-state index >= 15 is 0 Å². The van der Waals surface area contributed by atoms with Crippen LogP contribution < -0.4 is 5.32 Å². The van der Waals surface area contributed by atoms with Gasteiger partial charge < -0.3 is 40.3 Å². The zero-order chi connectivity index (χ0) is 33.6. The number of aliphatic hydroxyl groups is 5. The van der Waals surface area contributed by atoms with Gasteiger partial charge in [0.25, 0.3) is 0 Å². The Kier molecular flexibility index (Phi) is 21.6. The molecule has 0 aromatic heterocycles. The number of carbonyl (C=O) groups excluding carboxylic acids is 1. The van der Waals surface area contributed by atoms with E-state index in [1.54, 1.807) is 0 Å². The Balaban J connectivity index is 1.79. The lowest BCUT2D eigenvalue weighted by atomic mass is 9.92. The van der Waals surface area contributed by atoms with Gasteiger partial charge in [-0.05, 0) is 37.2 Å². The van der Waals surface area contributed by atoms with E-state index in [-0.39, 0.29) is 18.4 Å². The first kappa shape index (κ1) is 40.6. The number of rotatable bonds is 26. The maximum atomic E-state index is 12.9.